The Bertz CT molecular complexity index is 262. The second-order valence-electron chi connectivity index (χ2n) is 3.51. The van der Waals surface area contributed by atoms with Gasteiger partial charge in [0.05, 0.1) is 5.54 Å². The summed E-state index contributed by atoms with van der Waals surface area (Å²) in [4.78, 5) is 11.1. The molecule has 84 valence electrons. The fraction of sp³-hybridized carbons (Fsp3) is 0.417. The molecule has 0 saturated heterocycles. The molecule has 1 unspecified atom stereocenters. The maximum atomic E-state index is 13.8. The molecule has 1 amide bonds. The number of halogens is 1. The lowest BCUT2D eigenvalue weighted by molar-refractivity contribution is -0.118. The van der Waals surface area contributed by atoms with Crippen LogP contribution in [0.1, 0.15) is 19.8 Å². The molecule has 0 aromatic rings. The van der Waals surface area contributed by atoms with Gasteiger partial charge in [0, 0.05) is 0 Å². The highest BCUT2D eigenvalue weighted by atomic mass is 19.1. The normalized spacial score (nSPS) is 15.9. The Labute approximate surface area is 90.6 Å². The van der Waals surface area contributed by atoms with Crippen LogP contribution in [-0.4, -0.2) is 17.6 Å². The van der Waals surface area contributed by atoms with Crippen molar-refractivity contribution in [2.24, 2.45) is 0 Å². The molecule has 2 atom stereocenters. The van der Waals surface area contributed by atoms with Crippen molar-refractivity contribution in [2.75, 3.05) is 0 Å². The fourth-order valence-corrected chi connectivity index (χ4v) is 1.14. The van der Waals surface area contributed by atoms with Gasteiger partial charge in [-0.3, -0.25) is 4.79 Å². The molecule has 0 aromatic heterocycles. The lowest BCUT2D eigenvalue weighted by atomic mass is 9.92. The lowest BCUT2D eigenvalue weighted by Crippen LogP contribution is -2.50. The highest BCUT2D eigenvalue weighted by Gasteiger charge is 2.31. The summed E-state index contributed by atoms with van der Waals surface area (Å²) < 4.78 is 13.8. The average Bonchev–Trinajstić information content (AvgIpc) is 2.25. The van der Waals surface area contributed by atoms with Crippen molar-refractivity contribution in [3.05, 3.63) is 38.0 Å². The van der Waals surface area contributed by atoms with Crippen molar-refractivity contribution in [1.29, 1.82) is 0 Å². The van der Waals surface area contributed by atoms with E-state index in [2.05, 4.69) is 25.1 Å². The van der Waals surface area contributed by atoms with Crippen LogP contribution in [0.15, 0.2) is 38.0 Å². The van der Waals surface area contributed by atoms with Gasteiger partial charge in [0.15, 0.2) is 0 Å². The predicted octanol–water partition coefficient (Wildman–Crippen LogP) is 2.54. The zero-order chi connectivity index (χ0) is 11.9. The minimum Gasteiger partial charge on any atom is -0.341 e. The van der Waals surface area contributed by atoms with Gasteiger partial charge < -0.3 is 5.32 Å². The van der Waals surface area contributed by atoms with E-state index in [1.807, 2.05) is 0 Å². The van der Waals surface area contributed by atoms with Crippen LogP contribution in [0.25, 0.3) is 0 Å². The van der Waals surface area contributed by atoms with Crippen molar-refractivity contribution >= 4 is 5.91 Å². The molecule has 1 N–H and O–H groups in total. The Morgan fingerprint density at radius 1 is 1.53 bits per heavy atom. The van der Waals surface area contributed by atoms with Crippen LogP contribution in [0.5, 0.6) is 0 Å². The highest BCUT2D eigenvalue weighted by molar-refractivity contribution is 5.87. The van der Waals surface area contributed by atoms with Crippen LogP contribution < -0.4 is 5.32 Å². The van der Waals surface area contributed by atoms with Crippen molar-refractivity contribution in [3.8, 4) is 0 Å². The van der Waals surface area contributed by atoms with E-state index >= 15 is 0 Å². The number of nitrogens with one attached hydrogen (secondary N) is 1. The highest BCUT2D eigenvalue weighted by Crippen LogP contribution is 2.19. The molecule has 0 aliphatic rings. The molecule has 0 aliphatic carbocycles. The molecule has 0 radical (unpaired) electrons. The van der Waals surface area contributed by atoms with Crippen molar-refractivity contribution in [1.82, 2.24) is 5.32 Å². The second kappa shape index (κ2) is 6.17. The minimum atomic E-state index is -1.18. The van der Waals surface area contributed by atoms with Gasteiger partial charge in [-0.15, -0.1) is 13.2 Å². The van der Waals surface area contributed by atoms with E-state index in [-0.39, 0.29) is 0 Å². The first-order chi connectivity index (χ1) is 7.00. The molecule has 0 aliphatic heterocycles. The Hall–Kier alpha value is -1.38. The van der Waals surface area contributed by atoms with E-state index in [1.54, 1.807) is 13.0 Å². The van der Waals surface area contributed by atoms with Crippen LogP contribution in [0, 0.1) is 0 Å². The molecule has 0 aromatic carbocycles. The number of hydrogen-bond donors (Lipinski definition) is 1. The van der Waals surface area contributed by atoms with Gasteiger partial charge in [0.2, 0.25) is 5.91 Å². The van der Waals surface area contributed by atoms with E-state index in [0.29, 0.717) is 12.8 Å². The quantitative estimate of drug-likeness (QED) is 0.509. The summed E-state index contributed by atoms with van der Waals surface area (Å²) in [6, 6.07) is 0. The molecule has 0 bridgehead atoms. The Kier molecular flexibility index (Phi) is 5.60. The first kappa shape index (κ1) is 13.6. The molecule has 0 heterocycles. The van der Waals surface area contributed by atoms with Crippen molar-refractivity contribution < 1.29 is 9.18 Å². The molecule has 2 nitrogen and oxygen atoms in total. The number of carbonyl (C=O) groups is 1. The average molecular weight is 211 g/mol. The number of rotatable bonds is 7. The monoisotopic (exact) mass is 211 g/mol. The minimum absolute atomic E-state index is 0.309. The molecule has 0 rings (SSSR count). The van der Waals surface area contributed by atoms with Gasteiger partial charge in [-0.25, -0.2) is 4.39 Å². The maximum Gasteiger partial charge on any atom is 0.244 e. The summed E-state index contributed by atoms with van der Waals surface area (Å²) in [6.07, 6.45) is 3.85. The van der Waals surface area contributed by atoms with E-state index < -0.39 is 17.6 Å². The van der Waals surface area contributed by atoms with Gasteiger partial charge in [-0.05, 0) is 25.8 Å². The summed E-state index contributed by atoms with van der Waals surface area (Å²) in [5.41, 5.74) is -1.05. The fourth-order valence-electron chi connectivity index (χ4n) is 1.14. The van der Waals surface area contributed by atoms with E-state index in [1.165, 1.54) is 6.08 Å². The molecule has 3 heteroatoms. The van der Waals surface area contributed by atoms with Crippen molar-refractivity contribution in [2.45, 2.75) is 31.5 Å². The standard InChI is InChI=1S/C12H18FNO/c1-5-8-9-10(13)12(4,7-3)14-11(15)6-2/h5-7,10H,1-3,8-9H2,4H3,(H,14,15)/t10-,12?/m1/s1. The SMILES string of the molecule is C=CCC[C@@H](F)C(C)(C=C)NC(=O)C=C. The third-order valence-electron chi connectivity index (χ3n) is 2.28. The van der Waals surface area contributed by atoms with Gasteiger partial charge in [0.25, 0.3) is 0 Å². The maximum absolute atomic E-state index is 13.8. The lowest BCUT2D eigenvalue weighted by Gasteiger charge is -2.30. The summed E-state index contributed by atoms with van der Waals surface area (Å²) in [5, 5.41) is 2.52. The molecule has 15 heavy (non-hydrogen) atoms. The van der Waals surface area contributed by atoms with Crippen molar-refractivity contribution in [3.63, 3.8) is 0 Å². The molecular weight excluding hydrogens is 193 g/mol. The number of alkyl halides is 1. The molecule has 0 fully saturated rings. The Morgan fingerprint density at radius 2 is 2.13 bits per heavy atom. The Morgan fingerprint density at radius 3 is 2.53 bits per heavy atom. The van der Waals surface area contributed by atoms with E-state index in [0.717, 1.165) is 6.08 Å². The summed E-state index contributed by atoms with van der Waals surface area (Å²) in [6.45, 7) is 12.0. The first-order valence-electron chi connectivity index (χ1n) is 4.83. The van der Waals surface area contributed by atoms with Gasteiger partial charge in [-0.1, -0.05) is 18.7 Å². The molecule has 0 spiro atoms. The van der Waals surface area contributed by atoms with Crippen LogP contribution >= 0.6 is 0 Å². The largest absolute Gasteiger partial charge is 0.341 e. The van der Waals surface area contributed by atoms with E-state index in [4.69, 9.17) is 0 Å². The predicted molar refractivity (Wildman–Crippen MR) is 61.3 cm³/mol. The summed E-state index contributed by atoms with van der Waals surface area (Å²) >= 11 is 0. The number of hydrogen-bond acceptors (Lipinski definition) is 1. The summed E-state index contributed by atoms with van der Waals surface area (Å²) in [5.74, 6) is -0.404. The Balaban J connectivity index is 4.52. The third kappa shape index (κ3) is 4.11. The van der Waals surface area contributed by atoms with Crippen LogP contribution in [0.2, 0.25) is 0 Å². The zero-order valence-electron chi connectivity index (χ0n) is 9.13. The van der Waals surface area contributed by atoms with Crippen LogP contribution in [0.3, 0.4) is 0 Å². The molecule has 0 saturated carbocycles. The third-order valence-corrected chi connectivity index (χ3v) is 2.28. The number of amides is 1. The second-order valence-corrected chi connectivity index (χ2v) is 3.51. The van der Waals surface area contributed by atoms with Gasteiger partial charge in [0.1, 0.15) is 6.17 Å². The zero-order valence-corrected chi connectivity index (χ0v) is 9.13. The van der Waals surface area contributed by atoms with E-state index in [9.17, 15) is 9.18 Å². The number of carbonyl (C=O) groups excluding carboxylic acids is 1. The van der Waals surface area contributed by atoms with Gasteiger partial charge >= 0.3 is 0 Å². The first-order valence-corrected chi connectivity index (χ1v) is 4.83. The van der Waals surface area contributed by atoms with Crippen LogP contribution in [0.4, 0.5) is 4.39 Å². The van der Waals surface area contributed by atoms with Gasteiger partial charge in [-0.2, -0.15) is 0 Å². The molecular formula is C12H18FNO. The number of allylic oxidation sites excluding steroid dienone is 1. The smallest absolute Gasteiger partial charge is 0.244 e. The van der Waals surface area contributed by atoms with Crippen LogP contribution in [-0.2, 0) is 4.79 Å². The topological polar surface area (TPSA) is 29.1 Å². The summed E-state index contributed by atoms with van der Waals surface area (Å²) in [7, 11) is 0.